The molecule has 0 bridgehead atoms. The molecule has 21 heavy (non-hydrogen) atoms. The summed E-state index contributed by atoms with van der Waals surface area (Å²) in [5.41, 5.74) is 0. The normalized spacial score (nSPS) is 15.1. The highest BCUT2D eigenvalue weighted by Crippen LogP contribution is 2.35. The van der Waals surface area contributed by atoms with Gasteiger partial charge in [-0.05, 0) is 79.2 Å². The molecule has 0 radical (unpaired) electrons. The minimum Gasteiger partial charge on any atom is -0.479 e. The molecule has 3 atom stereocenters. The first kappa shape index (κ1) is 19.1. The highest BCUT2D eigenvalue weighted by molar-refractivity contribution is 9.09. The Morgan fingerprint density at radius 2 is 1.24 bits per heavy atom. The van der Waals surface area contributed by atoms with Gasteiger partial charge in [0.05, 0.1) is 0 Å². The summed E-state index contributed by atoms with van der Waals surface area (Å²) in [7, 11) is 0. The van der Waals surface area contributed by atoms with E-state index < -0.39 is 0 Å². The van der Waals surface area contributed by atoms with Gasteiger partial charge >= 0.3 is 0 Å². The van der Waals surface area contributed by atoms with Crippen molar-refractivity contribution in [2.75, 3.05) is 0 Å². The summed E-state index contributed by atoms with van der Waals surface area (Å²) in [5, 5.41) is -0.111. The van der Waals surface area contributed by atoms with Crippen LogP contribution in [0, 0.1) is 0 Å². The van der Waals surface area contributed by atoms with Crippen LogP contribution in [-0.4, -0.2) is 15.0 Å². The standard InChI is InChI=1S/C15H21Br3O3/c1-4-13(16)19-10-7-8-11(20-14(17)5-2)12(9-10)21-15(18)6-3/h7-9,13-15H,4-6H2,1-3H3. The Morgan fingerprint density at radius 3 is 1.76 bits per heavy atom. The SMILES string of the molecule is CCC(Br)Oc1ccc(OC(Br)CC)c(OC(Br)CC)c1. The molecule has 0 fully saturated rings. The zero-order valence-electron chi connectivity index (χ0n) is 12.4. The van der Waals surface area contributed by atoms with Gasteiger partial charge in [0.2, 0.25) is 0 Å². The fourth-order valence-electron chi connectivity index (χ4n) is 1.42. The molecule has 0 saturated heterocycles. The lowest BCUT2D eigenvalue weighted by molar-refractivity contribution is 0.239. The largest absolute Gasteiger partial charge is 0.479 e. The molecule has 3 nitrogen and oxygen atoms in total. The Hall–Kier alpha value is 0.0600. The van der Waals surface area contributed by atoms with Crippen LogP contribution < -0.4 is 14.2 Å². The average molecular weight is 489 g/mol. The van der Waals surface area contributed by atoms with Gasteiger partial charge in [-0.3, -0.25) is 0 Å². The maximum absolute atomic E-state index is 5.87. The summed E-state index contributed by atoms with van der Waals surface area (Å²) < 4.78 is 17.5. The predicted molar refractivity (Wildman–Crippen MR) is 97.3 cm³/mol. The van der Waals surface area contributed by atoms with Crippen molar-refractivity contribution < 1.29 is 14.2 Å². The van der Waals surface area contributed by atoms with E-state index in [4.69, 9.17) is 14.2 Å². The van der Waals surface area contributed by atoms with Crippen molar-refractivity contribution in [1.29, 1.82) is 0 Å². The number of hydrogen-bond donors (Lipinski definition) is 0. The van der Waals surface area contributed by atoms with Crippen LogP contribution >= 0.6 is 47.8 Å². The number of alkyl halides is 3. The fraction of sp³-hybridized carbons (Fsp3) is 0.600. The Kier molecular flexibility index (Phi) is 9.06. The van der Waals surface area contributed by atoms with Crippen molar-refractivity contribution in [3.8, 4) is 17.2 Å². The summed E-state index contributed by atoms with van der Waals surface area (Å²) in [4.78, 5) is 0. The molecule has 0 aliphatic heterocycles. The Labute approximate surface area is 152 Å². The molecule has 120 valence electrons. The van der Waals surface area contributed by atoms with Crippen molar-refractivity contribution >= 4 is 47.8 Å². The third-order valence-electron chi connectivity index (χ3n) is 2.65. The summed E-state index contributed by atoms with van der Waals surface area (Å²) in [6, 6.07) is 5.62. The smallest absolute Gasteiger partial charge is 0.166 e. The van der Waals surface area contributed by atoms with Gasteiger partial charge in [0.15, 0.2) is 26.5 Å². The molecule has 1 rings (SSSR count). The minimum atomic E-state index is -0.0588. The van der Waals surface area contributed by atoms with Crippen LogP contribution in [0.4, 0.5) is 0 Å². The predicted octanol–water partition coefficient (Wildman–Crippen LogP) is 6.22. The molecule has 0 spiro atoms. The summed E-state index contributed by atoms with van der Waals surface area (Å²) in [6.07, 6.45) is 2.60. The molecule has 3 unspecified atom stereocenters. The Balaban J connectivity index is 2.95. The van der Waals surface area contributed by atoms with E-state index in [1.54, 1.807) is 0 Å². The van der Waals surface area contributed by atoms with Gasteiger partial charge in [-0.25, -0.2) is 0 Å². The van der Waals surface area contributed by atoms with Gasteiger partial charge in [0.25, 0.3) is 0 Å². The topological polar surface area (TPSA) is 27.7 Å². The van der Waals surface area contributed by atoms with Crippen LogP contribution in [0.1, 0.15) is 40.0 Å². The highest BCUT2D eigenvalue weighted by atomic mass is 79.9. The Bertz CT molecular complexity index is 429. The van der Waals surface area contributed by atoms with E-state index in [9.17, 15) is 0 Å². The number of rotatable bonds is 9. The lowest BCUT2D eigenvalue weighted by Crippen LogP contribution is -2.11. The summed E-state index contributed by atoms with van der Waals surface area (Å²) in [5.74, 6) is 2.12. The third kappa shape index (κ3) is 6.78. The lowest BCUT2D eigenvalue weighted by atomic mass is 10.3. The minimum absolute atomic E-state index is 0.0115. The molecule has 1 aromatic carbocycles. The number of benzene rings is 1. The molecule has 0 heterocycles. The summed E-state index contributed by atoms with van der Waals surface area (Å²) >= 11 is 10.4. The van der Waals surface area contributed by atoms with Crippen molar-refractivity contribution in [1.82, 2.24) is 0 Å². The second-order valence-corrected chi connectivity index (χ2v) is 7.48. The maximum atomic E-state index is 5.87. The van der Waals surface area contributed by atoms with Crippen molar-refractivity contribution in [3.05, 3.63) is 18.2 Å². The second-order valence-electron chi connectivity index (χ2n) is 4.42. The van der Waals surface area contributed by atoms with Crippen LogP contribution in [0.5, 0.6) is 17.2 Å². The molecular weight excluding hydrogens is 468 g/mol. The van der Waals surface area contributed by atoms with E-state index in [0.717, 1.165) is 25.0 Å². The van der Waals surface area contributed by atoms with E-state index in [1.165, 1.54) is 0 Å². The number of ether oxygens (including phenoxy) is 3. The molecule has 6 heteroatoms. The maximum Gasteiger partial charge on any atom is 0.166 e. The van der Waals surface area contributed by atoms with Crippen molar-refractivity contribution in [3.63, 3.8) is 0 Å². The first-order valence-corrected chi connectivity index (χ1v) is 9.81. The van der Waals surface area contributed by atoms with E-state index in [1.807, 2.05) is 32.0 Å². The zero-order valence-corrected chi connectivity index (χ0v) is 17.2. The molecular formula is C15H21Br3O3. The van der Waals surface area contributed by atoms with Gasteiger partial charge in [0, 0.05) is 6.07 Å². The van der Waals surface area contributed by atoms with Crippen LogP contribution in [0.2, 0.25) is 0 Å². The lowest BCUT2D eigenvalue weighted by Gasteiger charge is -2.19. The molecule has 0 amide bonds. The Morgan fingerprint density at radius 1 is 0.762 bits per heavy atom. The third-order valence-corrected chi connectivity index (χ3v) is 5.15. The van der Waals surface area contributed by atoms with Crippen molar-refractivity contribution in [2.45, 2.75) is 55.1 Å². The van der Waals surface area contributed by atoms with E-state index in [-0.39, 0.29) is 15.0 Å². The van der Waals surface area contributed by atoms with Crippen LogP contribution in [0.3, 0.4) is 0 Å². The molecule has 0 aromatic heterocycles. The molecule has 1 aromatic rings. The monoisotopic (exact) mass is 486 g/mol. The van der Waals surface area contributed by atoms with Crippen LogP contribution in [-0.2, 0) is 0 Å². The molecule has 0 aliphatic carbocycles. The number of halogens is 3. The van der Waals surface area contributed by atoms with Crippen molar-refractivity contribution in [2.24, 2.45) is 0 Å². The highest BCUT2D eigenvalue weighted by Gasteiger charge is 2.15. The first-order chi connectivity index (χ1) is 9.99. The quantitative estimate of drug-likeness (QED) is 0.386. The number of hydrogen-bond acceptors (Lipinski definition) is 3. The summed E-state index contributed by atoms with van der Waals surface area (Å²) in [6.45, 7) is 6.15. The first-order valence-electron chi connectivity index (χ1n) is 7.06. The molecule has 0 N–H and O–H groups in total. The average Bonchev–Trinajstić information content (AvgIpc) is 2.49. The van der Waals surface area contributed by atoms with E-state index >= 15 is 0 Å². The van der Waals surface area contributed by atoms with Crippen LogP contribution in [0.25, 0.3) is 0 Å². The zero-order chi connectivity index (χ0) is 15.8. The molecule has 0 saturated carbocycles. The van der Waals surface area contributed by atoms with Gasteiger partial charge < -0.3 is 14.2 Å². The van der Waals surface area contributed by atoms with Gasteiger partial charge in [-0.15, -0.1) is 0 Å². The van der Waals surface area contributed by atoms with E-state index in [0.29, 0.717) is 11.5 Å². The second kappa shape index (κ2) is 9.95. The van der Waals surface area contributed by atoms with E-state index in [2.05, 4.69) is 54.7 Å². The van der Waals surface area contributed by atoms with Crippen LogP contribution in [0.15, 0.2) is 18.2 Å². The molecule has 0 aliphatic rings. The van der Waals surface area contributed by atoms with Gasteiger partial charge in [-0.2, -0.15) is 0 Å². The van der Waals surface area contributed by atoms with Gasteiger partial charge in [-0.1, -0.05) is 20.8 Å². The van der Waals surface area contributed by atoms with Gasteiger partial charge in [0.1, 0.15) is 5.75 Å². The fourth-order valence-corrected chi connectivity index (χ4v) is 2.04.